The van der Waals surface area contributed by atoms with Crippen LogP contribution in [0.25, 0.3) is 0 Å². The first-order valence-corrected chi connectivity index (χ1v) is 7.45. The Hall–Kier alpha value is 0.160. The summed E-state index contributed by atoms with van der Waals surface area (Å²) in [6, 6.07) is 0.693. The molecule has 0 aliphatic heterocycles. The average Bonchev–Trinajstić information content (AvgIpc) is 2.27. The highest BCUT2D eigenvalue weighted by molar-refractivity contribution is 14.1. The number of carbonyl (C=O) groups is 1. The van der Waals surface area contributed by atoms with E-state index < -0.39 is 0 Å². The monoisotopic (exact) mass is 340 g/mol. The van der Waals surface area contributed by atoms with Gasteiger partial charge in [0.25, 0.3) is 3.91 Å². The van der Waals surface area contributed by atoms with E-state index in [1.807, 2.05) is 0 Å². The van der Waals surface area contributed by atoms with Gasteiger partial charge in [0.15, 0.2) is 0 Å². The third-order valence-corrected chi connectivity index (χ3v) is 3.17. The fourth-order valence-electron chi connectivity index (χ4n) is 1.67. The lowest BCUT2D eigenvalue weighted by atomic mass is 10.1. The van der Waals surface area contributed by atoms with Crippen molar-refractivity contribution in [2.45, 2.75) is 58.4 Å². The first-order valence-electron chi connectivity index (χ1n) is 6.37. The summed E-state index contributed by atoms with van der Waals surface area (Å²) in [5, 5.41) is 6.36. The van der Waals surface area contributed by atoms with Crippen molar-refractivity contribution in [3.8, 4) is 0 Å². The van der Waals surface area contributed by atoms with Gasteiger partial charge in [0.1, 0.15) is 0 Å². The highest BCUT2D eigenvalue weighted by atomic mass is 127. The van der Waals surface area contributed by atoms with Gasteiger partial charge in [0, 0.05) is 35.2 Å². The summed E-state index contributed by atoms with van der Waals surface area (Å²) in [5.74, 6) is 0. The third kappa shape index (κ3) is 10.7. The van der Waals surface area contributed by atoms with Crippen molar-refractivity contribution in [2.24, 2.45) is 0 Å². The molecule has 0 aromatic rings. The van der Waals surface area contributed by atoms with Crippen LogP contribution in [0.15, 0.2) is 0 Å². The molecule has 4 heteroatoms. The molecule has 2 N–H and O–H groups in total. The largest absolute Gasteiger partial charge is 0.348 e. The predicted octanol–water partition coefficient (Wildman–Crippen LogP) is 3.47. The summed E-state index contributed by atoms with van der Waals surface area (Å²) >= 11 is 1.77. The van der Waals surface area contributed by atoms with Crippen LogP contribution in [0.5, 0.6) is 0 Å². The van der Waals surface area contributed by atoms with Crippen LogP contribution in [-0.4, -0.2) is 23.0 Å². The van der Waals surface area contributed by atoms with E-state index in [9.17, 15) is 4.79 Å². The molecule has 0 spiro atoms. The molecule has 0 unspecified atom stereocenters. The minimum atomic E-state index is 0.0491. The fraction of sp³-hybridized carbons (Fsp3) is 0.917. The standard InChI is InChI=1S/C12H25IN2O/c1-3-11(4-2)14-9-7-5-6-8-10-15-12(13)16/h11,14H,3-10H2,1-2H3,(H,15,16). The van der Waals surface area contributed by atoms with Crippen LogP contribution in [-0.2, 0) is 0 Å². The Labute approximate surface area is 113 Å². The predicted molar refractivity (Wildman–Crippen MR) is 78.3 cm³/mol. The summed E-state index contributed by atoms with van der Waals surface area (Å²) in [5.41, 5.74) is 0. The van der Waals surface area contributed by atoms with Crippen molar-refractivity contribution in [2.75, 3.05) is 13.1 Å². The Morgan fingerprint density at radius 3 is 2.12 bits per heavy atom. The van der Waals surface area contributed by atoms with Crippen molar-refractivity contribution in [3.05, 3.63) is 0 Å². The topological polar surface area (TPSA) is 41.1 Å². The minimum absolute atomic E-state index is 0.0491. The van der Waals surface area contributed by atoms with Gasteiger partial charge in [-0.15, -0.1) is 0 Å². The lowest BCUT2D eigenvalue weighted by molar-refractivity contribution is 0.263. The maximum atomic E-state index is 10.6. The van der Waals surface area contributed by atoms with Crippen LogP contribution in [0.1, 0.15) is 52.4 Å². The number of nitrogens with one attached hydrogen (secondary N) is 2. The number of hydrogen-bond acceptors (Lipinski definition) is 2. The molecule has 0 aliphatic rings. The van der Waals surface area contributed by atoms with Crippen molar-refractivity contribution < 1.29 is 4.79 Å². The molecule has 0 bridgehead atoms. The molecule has 0 radical (unpaired) electrons. The second-order valence-electron chi connectivity index (χ2n) is 4.08. The second-order valence-corrected chi connectivity index (χ2v) is 5.06. The zero-order valence-corrected chi connectivity index (χ0v) is 12.7. The van der Waals surface area contributed by atoms with Gasteiger partial charge >= 0.3 is 0 Å². The number of rotatable bonds is 10. The van der Waals surface area contributed by atoms with Crippen LogP contribution >= 0.6 is 22.6 Å². The number of unbranched alkanes of at least 4 members (excludes halogenated alkanes) is 3. The smallest absolute Gasteiger partial charge is 0.280 e. The van der Waals surface area contributed by atoms with E-state index >= 15 is 0 Å². The van der Waals surface area contributed by atoms with E-state index in [0.29, 0.717) is 6.04 Å². The number of carbonyl (C=O) groups excluding carboxylic acids is 1. The van der Waals surface area contributed by atoms with Crippen LogP contribution < -0.4 is 10.6 Å². The van der Waals surface area contributed by atoms with Crippen molar-refractivity contribution in [3.63, 3.8) is 0 Å². The maximum absolute atomic E-state index is 10.6. The fourth-order valence-corrected chi connectivity index (χ4v) is 1.94. The molecular formula is C12H25IN2O. The summed E-state index contributed by atoms with van der Waals surface area (Å²) in [6.07, 6.45) is 7.25. The Morgan fingerprint density at radius 2 is 1.62 bits per heavy atom. The highest BCUT2D eigenvalue weighted by Gasteiger charge is 2.00. The normalized spacial score (nSPS) is 10.8. The third-order valence-electron chi connectivity index (χ3n) is 2.79. The average molecular weight is 340 g/mol. The Morgan fingerprint density at radius 1 is 1.06 bits per heavy atom. The van der Waals surface area contributed by atoms with E-state index in [4.69, 9.17) is 0 Å². The van der Waals surface area contributed by atoms with Crippen molar-refractivity contribution in [1.82, 2.24) is 10.6 Å². The van der Waals surface area contributed by atoms with Gasteiger partial charge in [-0.2, -0.15) is 0 Å². The molecule has 0 aromatic heterocycles. The van der Waals surface area contributed by atoms with Gasteiger partial charge < -0.3 is 10.6 Å². The SMILES string of the molecule is CCC(CC)NCCCCCCNC(=O)I. The number of halogens is 1. The Kier molecular flexibility index (Phi) is 11.8. The van der Waals surface area contributed by atoms with Gasteiger partial charge in [0.05, 0.1) is 0 Å². The first kappa shape index (κ1) is 16.2. The second kappa shape index (κ2) is 11.6. The van der Waals surface area contributed by atoms with Gasteiger partial charge in [-0.3, -0.25) is 4.79 Å². The van der Waals surface area contributed by atoms with Crippen molar-refractivity contribution >= 4 is 26.5 Å². The molecule has 0 heterocycles. The van der Waals surface area contributed by atoms with E-state index in [-0.39, 0.29) is 3.91 Å². The minimum Gasteiger partial charge on any atom is -0.348 e. The van der Waals surface area contributed by atoms with Crippen LogP contribution in [0, 0.1) is 0 Å². The molecule has 1 amide bonds. The molecular weight excluding hydrogens is 315 g/mol. The highest BCUT2D eigenvalue weighted by Crippen LogP contribution is 2.00. The number of hydrogen-bond donors (Lipinski definition) is 2. The Balaban J connectivity index is 3.12. The zero-order chi connectivity index (χ0) is 12.2. The molecule has 0 fully saturated rings. The van der Waals surface area contributed by atoms with Gasteiger partial charge in [-0.25, -0.2) is 0 Å². The number of amides is 1. The molecule has 0 saturated carbocycles. The molecule has 0 aliphatic carbocycles. The van der Waals surface area contributed by atoms with Gasteiger partial charge in [0.2, 0.25) is 0 Å². The summed E-state index contributed by atoms with van der Waals surface area (Å²) in [7, 11) is 0. The lowest BCUT2D eigenvalue weighted by Gasteiger charge is -2.14. The summed E-state index contributed by atoms with van der Waals surface area (Å²) in [4.78, 5) is 10.6. The van der Waals surface area contributed by atoms with E-state index in [0.717, 1.165) is 19.5 Å². The quantitative estimate of drug-likeness (QED) is 0.277. The van der Waals surface area contributed by atoms with Gasteiger partial charge in [-0.1, -0.05) is 26.7 Å². The molecule has 96 valence electrons. The molecule has 3 nitrogen and oxygen atoms in total. The van der Waals surface area contributed by atoms with E-state index in [2.05, 4.69) is 24.5 Å². The molecule has 0 atom stereocenters. The molecule has 0 rings (SSSR count). The molecule has 16 heavy (non-hydrogen) atoms. The van der Waals surface area contributed by atoms with Crippen LogP contribution in [0.4, 0.5) is 4.79 Å². The Bertz CT molecular complexity index is 172. The van der Waals surface area contributed by atoms with E-state index in [1.165, 1.54) is 32.1 Å². The lowest BCUT2D eigenvalue weighted by Crippen LogP contribution is -2.28. The van der Waals surface area contributed by atoms with Crippen LogP contribution in [0.2, 0.25) is 0 Å². The zero-order valence-electron chi connectivity index (χ0n) is 10.5. The molecule has 0 saturated heterocycles. The maximum Gasteiger partial charge on any atom is 0.280 e. The van der Waals surface area contributed by atoms with E-state index in [1.54, 1.807) is 22.6 Å². The summed E-state index contributed by atoms with van der Waals surface area (Å²) < 4.78 is 0.0491. The summed E-state index contributed by atoms with van der Waals surface area (Å²) in [6.45, 7) is 6.41. The van der Waals surface area contributed by atoms with Crippen molar-refractivity contribution in [1.29, 1.82) is 0 Å². The van der Waals surface area contributed by atoms with Crippen LogP contribution in [0.3, 0.4) is 0 Å². The van der Waals surface area contributed by atoms with Gasteiger partial charge in [-0.05, 0) is 32.2 Å². The molecule has 0 aromatic carbocycles. The first-order chi connectivity index (χ1) is 7.70.